The Kier molecular flexibility index (Phi) is 6.06. The van der Waals surface area contributed by atoms with Crippen LogP contribution in [0.5, 0.6) is 0 Å². The van der Waals surface area contributed by atoms with Gasteiger partial charge >= 0.3 is 0 Å². The van der Waals surface area contributed by atoms with Crippen molar-refractivity contribution in [1.29, 1.82) is 0 Å². The predicted octanol–water partition coefficient (Wildman–Crippen LogP) is 4.74. The molecule has 0 aliphatic rings. The molecule has 0 atom stereocenters. The molecule has 7 heteroatoms. The van der Waals surface area contributed by atoms with E-state index < -0.39 is 0 Å². The monoisotopic (exact) mass is 369 g/mol. The first-order valence-corrected chi connectivity index (χ1v) is 9.72. The minimum absolute atomic E-state index is 0.0649. The van der Waals surface area contributed by atoms with Crippen molar-refractivity contribution < 1.29 is 4.79 Å². The minimum atomic E-state index is -0.103. The summed E-state index contributed by atoms with van der Waals surface area (Å²) in [4.78, 5) is 22.9. The van der Waals surface area contributed by atoms with Gasteiger partial charge in [-0.15, -0.1) is 0 Å². The second-order valence-corrected chi connectivity index (χ2v) is 8.48. The Morgan fingerprint density at radius 3 is 2.78 bits per heavy atom. The quantitative estimate of drug-likeness (QED) is 0.737. The lowest BCUT2D eigenvalue weighted by Gasteiger charge is -2.26. The third kappa shape index (κ3) is 4.46. The molecule has 0 saturated carbocycles. The van der Waals surface area contributed by atoms with Crippen LogP contribution in [0.2, 0.25) is 5.15 Å². The Balaban J connectivity index is 2.28. The Morgan fingerprint density at radius 2 is 2.22 bits per heavy atom. The van der Waals surface area contributed by atoms with Gasteiger partial charge in [0.25, 0.3) is 0 Å². The second kappa shape index (κ2) is 7.64. The van der Waals surface area contributed by atoms with Crippen LogP contribution in [0.4, 0.5) is 5.00 Å². The molecule has 0 radical (unpaired) electrons. The van der Waals surface area contributed by atoms with E-state index >= 15 is 0 Å². The van der Waals surface area contributed by atoms with E-state index in [4.69, 9.17) is 11.6 Å². The van der Waals surface area contributed by atoms with Gasteiger partial charge in [0.05, 0.1) is 0 Å². The van der Waals surface area contributed by atoms with Crippen molar-refractivity contribution in [3.05, 3.63) is 29.7 Å². The number of thioether (sulfide) groups is 1. The molecule has 23 heavy (non-hydrogen) atoms. The summed E-state index contributed by atoms with van der Waals surface area (Å²) in [7, 11) is 0. The van der Waals surface area contributed by atoms with Crippen LogP contribution >= 0.6 is 34.7 Å². The van der Waals surface area contributed by atoms with Gasteiger partial charge in [-0.1, -0.05) is 36.8 Å². The molecule has 0 spiro atoms. The molecule has 0 aliphatic heterocycles. The summed E-state index contributed by atoms with van der Waals surface area (Å²) in [6, 6.07) is 3.79. The number of carbonyl (C=O) groups excluding carboxylic acids is 1. The van der Waals surface area contributed by atoms with E-state index in [-0.39, 0.29) is 10.7 Å². The zero-order valence-electron chi connectivity index (χ0n) is 13.7. The topological polar surface area (TPSA) is 46.1 Å². The van der Waals surface area contributed by atoms with Gasteiger partial charge in [0.15, 0.2) is 5.15 Å². The molecule has 0 aliphatic carbocycles. The van der Waals surface area contributed by atoms with Crippen molar-refractivity contribution in [3.8, 4) is 10.6 Å². The molecular formula is C16H20ClN3OS2. The lowest BCUT2D eigenvalue weighted by atomic mass is 10.1. The van der Waals surface area contributed by atoms with E-state index in [1.54, 1.807) is 29.1 Å². The number of amides is 1. The van der Waals surface area contributed by atoms with Crippen molar-refractivity contribution in [2.45, 2.75) is 31.9 Å². The van der Waals surface area contributed by atoms with Crippen LogP contribution in [-0.2, 0) is 4.79 Å². The first-order valence-electron chi connectivity index (χ1n) is 7.30. The van der Waals surface area contributed by atoms with E-state index in [1.807, 2.05) is 25.3 Å². The second-order valence-electron chi connectivity index (χ2n) is 5.64. The number of nitrogens with zero attached hydrogens (tertiary/aromatic N) is 3. The van der Waals surface area contributed by atoms with Crippen molar-refractivity contribution in [1.82, 2.24) is 9.97 Å². The number of thiazole rings is 1. The molecule has 0 bridgehead atoms. The van der Waals surface area contributed by atoms with E-state index in [2.05, 4.69) is 23.8 Å². The lowest BCUT2D eigenvalue weighted by molar-refractivity contribution is -0.118. The molecule has 124 valence electrons. The van der Waals surface area contributed by atoms with Crippen LogP contribution in [0.15, 0.2) is 24.5 Å². The molecule has 1 amide bonds. The highest BCUT2D eigenvalue weighted by Gasteiger charge is 2.27. The van der Waals surface area contributed by atoms with Gasteiger partial charge in [0, 0.05) is 35.7 Å². The SMILES string of the molecule is CCN(C(=O)CC(C)(C)SC)c1sc(-c2cccnc2)nc1Cl. The van der Waals surface area contributed by atoms with Gasteiger partial charge < -0.3 is 4.90 Å². The number of anilines is 1. The fourth-order valence-corrected chi connectivity index (χ4v) is 3.69. The van der Waals surface area contributed by atoms with E-state index in [1.165, 1.54) is 11.3 Å². The van der Waals surface area contributed by atoms with Crippen LogP contribution in [-0.4, -0.2) is 33.4 Å². The number of rotatable bonds is 6. The van der Waals surface area contributed by atoms with Crippen molar-refractivity contribution >= 4 is 45.6 Å². The van der Waals surface area contributed by atoms with E-state index in [0.29, 0.717) is 23.1 Å². The highest BCUT2D eigenvalue weighted by molar-refractivity contribution is 7.99. The van der Waals surface area contributed by atoms with Gasteiger partial charge in [-0.25, -0.2) is 4.98 Å². The van der Waals surface area contributed by atoms with Crippen LogP contribution < -0.4 is 4.90 Å². The number of pyridine rings is 1. The summed E-state index contributed by atoms with van der Waals surface area (Å²) in [6.07, 6.45) is 5.93. The highest BCUT2D eigenvalue weighted by Crippen LogP contribution is 2.38. The summed E-state index contributed by atoms with van der Waals surface area (Å²) >= 11 is 9.40. The van der Waals surface area contributed by atoms with E-state index in [9.17, 15) is 4.79 Å². The largest absolute Gasteiger partial charge is 0.301 e. The summed E-state index contributed by atoms with van der Waals surface area (Å²) < 4.78 is -0.103. The van der Waals surface area contributed by atoms with Crippen LogP contribution in [0.3, 0.4) is 0 Å². The van der Waals surface area contributed by atoms with Crippen molar-refractivity contribution in [2.75, 3.05) is 17.7 Å². The molecule has 4 nitrogen and oxygen atoms in total. The summed E-state index contributed by atoms with van der Waals surface area (Å²) in [5, 5.41) is 1.84. The predicted molar refractivity (Wildman–Crippen MR) is 101 cm³/mol. The van der Waals surface area contributed by atoms with Crippen LogP contribution in [0.25, 0.3) is 10.6 Å². The third-order valence-corrected chi connectivity index (χ3v) is 6.22. The average Bonchev–Trinajstić information content (AvgIpc) is 2.90. The number of hydrogen-bond donors (Lipinski definition) is 0. The zero-order chi connectivity index (χ0) is 17.0. The molecule has 0 unspecified atom stereocenters. The molecule has 2 aromatic rings. The maximum absolute atomic E-state index is 12.7. The average molecular weight is 370 g/mol. The molecule has 0 saturated heterocycles. The summed E-state index contributed by atoms with van der Waals surface area (Å²) in [6.45, 7) is 6.65. The molecule has 0 aromatic carbocycles. The molecule has 0 N–H and O–H groups in total. The van der Waals surface area contributed by atoms with Gasteiger partial charge in [0.1, 0.15) is 10.0 Å². The van der Waals surface area contributed by atoms with Gasteiger partial charge in [0.2, 0.25) is 5.91 Å². The van der Waals surface area contributed by atoms with Gasteiger partial charge in [-0.2, -0.15) is 11.8 Å². The maximum Gasteiger partial charge on any atom is 0.229 e. The minimum Gasteiger partial charge on any atom is -0.301 e. The first-order chi connectivity index (χ1) is 10.9. The first kappa shape index (κ1) is 18.2. The number of aromatic nitrogens is 2. The number of carbonyl (C=O) groups is 1. The maximum atomic E-state index is 12.7. The standard InChI is InChI=1S/C16H20ClN3OS2/c1-5-20(12(21)9-16(2,3)22-4)15-13(17)19-14(23-15)11-7-6-8-18-10-11/h6-8,10H,5,9H2,1-4H3. The Bertz CT molecular complexity index is 673. The summed E-state index contributed by atoms with van der Waals surface area (Å²) in [5.41, 5.74) is 0.901. The fraction of sp³-hybridized carbons (Fsp3) is 0.438. The summed E-state index contributed by atoms with van der Waals surface area (Å²) in [5.74, 6) is 0.0649. The van der Waals surface area contributed by atoms with Gasteiger partial charge in [-0.05, 0) is 25.3 Å². The van der Waals surface area contributed by atoms with Crippen LogP contribution in [0, 0.1) is 0 Å². The highest BCUT2D eigenvalue weighted by atomic mass is 35.5. The number of hydrogen-bond acceptors (Lipinski definition) is 5. The van der Waals surface area contributed by atoms with Crippen molar-refractivity contribution in [2.24, 2.45) is 0 Å². The zero-order valence-corrected chi connectivity index (χ0v) is 16.1. The fourth-order valence-electron chi connectivity index (χ4n) is 2.04. The smallest absolute Gasteiger partial charge is 0.229 e. The van der Waals surface area contributed by atoms with E-state index in [0.717, 1.165) is 10.6 Å². The Hall–Kier alpha value is -1.11. The third-order valence-electron chi connectivity index (χ3n) is 3.47. The molecule has 0 fully saturated rings. The van der Waals surface area contributed by atoms with Gasteiger partial charge in [-0.3, -0.25) is 9.78 Å². The molecule has 2 heterocycles. The van der Waals surface area contributed by atoms with Crippen molar-refractivity contribution in [3.63, 3.8) is 0 Å². The Labute approximate surface area is 150 Å². The normalized spacial score (nSPS) is 11.5. The number of halogens is 1. The molecule has 2 aromatic heterocycles. The lowest BCUT2D eigenvalue weighted by Crippen LogP contribution is -2.34. The Morgan fingerprint density at radius 1 is 1.48 bits per heavy atom. The molecule has 2 rings (SSSR count). The van der Waals surface area contributed by atoms with Crippen LogP contribution in [0.1, 0.15) is 27.2 Å². The molecular weight excluding hydrogens is 350 g/mol.